The summed E-state index contributed by atoms with van der Waals surface area (Å²) in [7, 11) is 1.39. The molecule has 3 heterocycles. The quantitative estimate of drug-likeness (QED) is 0.659. The summed E-state index contributed by atoms with van der Waals surface area (Å²) in [5.74, 6) is -1.24. The van der Waals surface area contributed by atoms with Crippen LogP contribution in [0.5, 0.6) is 0 Å². The zero-order chi connectivity index (χ0) is 20.7. The summed E-state index contributed by atoms with van der Waals surface area (Å²) in [6.45, 7) is -0.478. The van der Waals surface area contributed by atoms with Crippen LogP contribution in [0.3, 0.4) is 0 Å². The Morgan fingerprint density at radius 1 is 1.25 bits per heavy atom. The lowest BCUT2D eigenvalue weighted by atomic mass is 10.0. The second kappa shape index (κ2) is 7.59. The van der Waals surface area contributed by atoms with Gasteiger partial charge in [0.1, 0.15) is 5.01 Å². The van der Waals surface area contributed by atoms with Crippen molar-refractivity contribution < 1.29 is 35.9 Å². The highest BCUT2D eigenvalue weighted by Crippen LogP contribution is 2.35. The van der Waals surface area contributed by atoms with E-state index < -0.39 is 36.2 Å². The first-order chi connectivity index (χ1) is 13.0. The molecule has 156 valence electrons. The smallest absolute Gasteiger partial charge is 0.377 e. The Hall–Kier alpha value is -1.73. The van der Waals surface area contributed by atoms with Crippen LogP contribution in [0.25, 0.3) is 4.96 Å². The van der Waals surface area contributed by atoms with E-state index >= 15 is 0 Å². The molecule has 6 nitrogen and oxygen atoms in total. The number of Topliss-reactive ketones (excluding diaryl/α,β-unsaturated/α-hetero) is 1. The molecule has 1 aliphatic heterocycles. The number of carbonyl (C=O) groups excluding carboxylic acids is 1. The zero-order valence-electron chi connectivity index (χ0n) is 14.6. The highest BCUT2D eigenvalue weighted by molar-refractivity contribution is 7.16. The molecule has 1 saturated heterocycles. The molecule has 1 aliphatic rings. The maximum Gasteiger partial charge on any atom is 0.435 e. The molecule has 2 aromatic heterocycles. The summed E-state index contributed by atoms with van der Waals surface area (Å²) in [4.78, 5) is 17.3. The fraction of sp³-hybridized carbons (Fsp3) is 0.667. The molecule has 3 rings (SSSR count). The number of methoxy groups -OCH3 is 1. The highest BCUT2D eigenvalue weighted by Gasteiger charge is 2.41. The molecule has 0 amide bonds. The van der Waals surface area contributed by atoms with Gasteiger partial charge in [0.25, 0.3) is 0 Å². The van der Waals surface area contributed by atoms with Crippen molar-refractivity contribution in [1.82, 2.24) is 19.5 Å². The number of likely N-dealkylation sites (tertiary alicyclic amines) is 1. The van der Waals surface area contributed by atoms with Gasteiger partial charge in [-0.2, -0.15) is 36.0 Å². The number of carbonyl (C=O) groups is 1. The maximum atomic E-state index is 13.5. The number of hydrogen-bond donors (Lipinski definition) is 0. The van der Waals surface area contributed by atoms with E-state index in [0.29, 0.717) is 9.52 Å². The minimum absolute atomic E-state index is 0.0280. The van der Waals surface area contributed by atoms with Crippen molar-refractivity contribution in [2.24, 2.45) is 5.92 Å². The van der Waals surface area contributed by atoms with Crippen molar-refractivity contribution in [3.63, 3.8) is 0 Å². The van der Waals surface area contributed by atoms with Crippen molar-refractivity contribution in [2.45, 2.75) is 38.3 Å². The molecule has 0 saturated carbocycles. The Bertz CT molecular complexity index is 859. The van der Waals surface area contributed by atoms with Crippen LogP contribution >= 0.6 is 11.3 Å². The number of ether oxygens (including phenoxy) is 1. The van der Waals surface area contributed by atoms with Crippen molar-refractivity contribution in [3.8, 4) is 0 Å². The molecule has 2 aromatic rings. The first-order valence-corrected chi connectivity index (χ1v) is 9.05. The van der Waals surface area contributed by atoms with E-state index in [0.717, 1.165) is 11.3 Å². The van der Waals surface area contributed by atoms with Gasteiger partial charge in [0.15, 0.2) is 11.5 Å². The van der Waals surface area contributed by atoms with E-state index in [1.54, 1.807) is 0 Å². The van der Waals surface area contributed by atoms with E-state index in [1.807, 2.05) is 0 Å². The molecule has 0 bridgehead atoms. The molecule has 13 heteroatoms. The fourth-order valence-corrected chi connectivity index (χ4v) is 4.04. The fourth-order valence-electron chi connectivity index (χ4n) is 3.16. The van der Waals surface area contributed by atoms with Crippen LogP contribution in [-0.2, 0) is 28.9 Å². The van der Waals surface area contributed by atoms with Crippen LogP contribution in [-0.4, -0.2) is 51.7 Å². The van der Waals surface area contributed by atoms with Gasteiger partial charge in [-0.3, -0.25) is 9.69 Å². The summed E-state index contributed by atoms with van der Waals surface area (Å²) in [5, 5.41) is 4.19. The van der Waals surface area contributed by atoms with Crippen LogP contribution in [0.15, 0.2) is 0 Å². The monoisotopic (exact) mass is 430 g/mol. The minimum atomic E-state index is -4.73. The number of rotatable bonds is 6. The largest absolute Gasteiger partial charge is 0.435 e. The molecule has 0 radical (unpaired) electrons. The number of aromatic nitrogens is 3. The SMILES string of the molecule is COCc1nn2c(C(F)(F)F)c(CN3CC(=O)C(CCC(F)(F)F)C3)nc2s1. The van der Waals surface area contributed by atoms with Crippen molar-refractivity contribution in [1.29, 1.82) is 0 Å². The first-order valence-electron chi connectivity index (χ1n) is 8.23. The van der Waals surface area contributed by atoms with Crippen LogP contribution in [0.1, 0.15) is 29.2 Å². The van der Waals surface area contributed by atoms with Crippen LogP contribution < -0.4 is 0 Å². The molecule has 1 fully saturated rings. The lowest BCUT2D eigenvalue weighted by molar-refractivity contribution is -0.143. The van der Waals surface area contributed by atoms with Gasteiger partial charge in [-0.05, 0) is 6.42 Å². The Balaban J connectivity index is 1.78. The lowest BCUT2D eigenvalue weighted by Crippen LogP contribution is -2.23. The van der Waals surface area contributed by atoms with Gasteiger partial charge in [0, 0.05) is 32.5 Å². The molecule has 0 spiro atoms. The third kappa shape index (κ3) is 4.63. The van der Waals surface area contributed by atoms with Gasteiger partial charge in [0.2, 0.25) is 4.96 Å². The average Bonchev–Trinajstić information content (AvgIpc) is 3.16. The molecular formula is C15H16F6N4O2S. The summed E-state index contributed by atoms with van der Waals surface area (Å²) in [6.07, 6.45) is -10.6. The number of hydrogen-bond acceptors (Lipinski definition) is 6. The second-order valence-electron chi connectivity index (χ2n) is 6.51. The molecule has 1 unspecified atom stereocenters. The molecule has 1 atom stereocenters. The summed E-state index contributed by atoms with van der Waals surface area (Å²) in [5.41, 5.74) is -1.35. The molecule has 28 heavy (non-hydrogen) atoms. The number of imidazole rings is 1. The number of alkyl halides is 6. The van der Waals surface area contributed by atoms with Gasteiger partial charge in [-0.1, -0.05) is 11.3 Å². The van der Waals surface area contributed by atoms with Crippen molar-refractivity contribution in [2.75, 3.05) is 20.2 Å². The molecule has 0 aromatic carbocycles. The van der Waals surface area contributed by atoms with Crippen molar-refractivity contribution in [3.05, 3.63) is 16.4 Å². The normalized spacial score (nSPS) is 19.2. The Kier molecular flexibility index (Phi) is 5.69. The van der Waals surface area contributed by atoms with E-state index in [1.165, 1.54) is 12.0 Å². The summed E-state index contributed by atoms with van der Waals surface area (Å²) in [6, 6.07) is 0. The van der Waals surface area contributed by atoms with Crippen molar-refractivity contribution >= 4 is 22.1 Å². The summed E-state index contributed by atoms with van der Waals surface area (Å²) >= 11 is 0.948. The Morgan fingerprint density at radius 3 is 2.57 bits per heavy atom. The molecule has 0 aliphatic carbocycles. The van der Waals surface area contributed by atoms with Crippen LogP contribution in [0, 0.1) is 5.92 Å². The number of nitrogens with zero attached hydrogens (tertiary/aromatic N) is 4. The van der Waals surface area contributed by atoms with Gasteiger partial charge in [-0.15, -0.1) is 0 Å². The van der Waals surface area contributed by atoms with Crippen LogP contribution in [0.2, 0.25) is 0 Å². The topological polar surface area (TPSA) is 59.7 Å². The minimum Gasteiger partial charge on any atom is -0.377 e. The zero-order valence-corrected chi connectivity index (χ0v) is 15.4. The predicted molar refractivity (Wildman–Crippen MR) is 85.6 cm³/mol. The first kappa shape index (κ1) is 21.0. The van der Waals surface area contributed by atoms with E-state index in [4.69, 9.17) is 4.74 Å². The van der Waals surface area contributed by atoms with E-state index in [9.17, 15) is 31.1 Å². The predicted octanol–water partition coefficient (Wildman–Crippen LogP) is 3.30. The molecular weight excluding hydrogens is 414 g/mol. The van der Waals surface area contributed by atoms with Gasteiger partial charge >= 0.3 is 12.4 Å². The van der Waals surface area contributed by atoms with E-state index in [2.05, 4.69) is 10.1 Å². The number of ketones is 1. The lowest BCUT2D eigenvalue weighted by Gasteiger charge is -2.15. The summed E-state index contributed by atoms with van der Waals surface area (Å²) < 4.78 is 83.3. The number of fused-ring (bicyclic) bond motifs is 1. The number of halogens is 6. The third-order valence-electron chi connectivity index (χ3n) is 4.32. The Morgan fingerprint density at radius 2 is 1.96 bits per heavy atom. The third-order valence-corrected chi connectivity index (χ3v) is 5.20. The average molecular weight is 430 g/mol. The molecule has 0 N–H and O–H groups in total. The maximum absolute atomic E-state index is 13.5. The Labute approximate surface area is 159 Å². The standard InChI is InChI=1S/C15H16F6N4O2S/c1-27-7-11-23-25-12(15(19,20)21)9(22-13(25)28-11)5-24-4-8(10(26)6-24)2-3-14(16,17)18/h8H,2-7H2,1H3. The van der Waals surface area contributed by atoms with Gasteiger partial charge in [-0.25, -0.2) is 4.98 Å². The highest BCUT2D eigenvalue weighted by atomic mass is 32.1. The van der Waals surface area contributed by atoms with Gasteiger partial charge in [0.05, 0.1) is 18.8 Å². The second-order valence-corrected chi connectivity index (χ2v) is 7.56. The van der Waals surface area contributed by atoms with Crippen LogP contribution in [0.4, 0.5) is 26.3 Å². The van der Waals surface area contributed by atoms with E-state index in [-0.39, 0.29) is 43.3 Å². The van der Waals surface area contributed by atoms with Gasteiger partial charge < -0.3 is 4.74 Å².